The second-order valence-electron chi connectivity index (χ2n) is 3.08. The van der Waals surface area contributed by atoms with Crippen LogP contribution in [0.5, 0.6) is 5.75 Å². The lowest BCUT2D eigenvalue weighted by atomic mass is 10.2. The molecular formula is C10H10F2O3. The maximum absolute atomic E-state index is 13.1. The van der Waals surface area contributed by atoms with E-state index in [1.165, 1.54) is 19.1 Å². The quantitative estimate of drug-likeness (QED) is 0.839. The van der Waals surface area contributed by atoms with Gasteiger partial charge < -0.3 is 9.84 Å². The molecule has 1 atom stereocenters. The normalized spacial score (nSPS) is 12.2. The summed E-state index contributed by atoms with van der Waals surface area (Å²) in [5.41, 5.74) is 0. The van der Waals surface area contributed by atoms with Crippen molar-refractivity contribution < 1.29 is 23.4 Å². The summed E-state index contributed by atoms with van der Waals surface area (Å²) >= 11 is 0. The van der Waals surface area contributed by atoms with Crippen molar-refractivity contribution in [2.45, 2.75) is 19.4 Å². The molecule has 1 aromatic rings. The lowest BCUT2D eigenvalue weighted by Gasteiger charge is -2.13. The molecule has 0 amide bonds. The van der Waals surface area contributed by atoms with Crippen LogP contribution in [0.2, 0.25) is 0 Å². The van der Waals surface area contributed by atoms with Gasteiger partial charge in [-0.15, -0.1) is 0 Å². The van der Waals surface area contributed by atoms with E-state index in [2.05, 4.69) is 0 Å². The molecule has 0 bridgehead atoms. The van der Waals surface area contributed by atoms with Gasteiger partial charge in [-0.2, -0.15) is 4.39 Å². The zero-order chi connectivity index (χ0) is 11.4. The molecule has 0 saturated carbocycles. The average Bonchev–Trinajstić information content (AvgIpc) is 2.11. The molecular weight excluding hydrogens is 206 g/mol. The van der Waals surface area contributed by atoms with E-state index in [0.29, 0.717) is 0 Å². The first kappa shape index (κ1) is 11.4. The van der Waals surface area contributed by atoms with Crippen molar-refractivity contribution in [1.29, 1.82) is 0 Å². The summed E-state index contributed by atoms with van der Waals surface area (Å²) in [6.45, 7) is 1.47. The Morgan fingerprint density at radius 2 is 2.20 bits per heavy atom. The number of benzene rings is 1. The lowest BCUT2D eigenvalue weighted by Crippen LogP contribution is -2.17. The van der Waals surface area contributed by atoms with Crippen LogP contribution in [0, 0.1) is 11.6 Å². The number of carboxylic acids is 1. The summed E-state index contributed by atoms with van der Waals surface area (Å²) in [4.78, 5) is 10.3. The first-order valence-corrected chi connectivity index (χ1v) is 4.33. The zero-order valence-corrected chi connectivity index (χ0v) is 8.04. The molecule has 5 heteroatoms. The van der Waals surface area contributed by atoms with Crippen molar-refractivity contribution in [2.75, 3.05) is 0 Å². The van der Waals surface area contributed by atoms with Gasteiger partial charge in [0, 0.05) is 0 Å². The van der Waals surface area contributed by atoms with Crippen molar-refractivity contribution in [3.8, 4) is 5.75 Å². The number of carboxylic acid groups (broad SMARTS) is 1. The van der Waals surface area contributed by atoms with Gasteiger partial charge in [0.05, 0.1) is 6.42 Å². The summed E-state index contributed by atoms with van der Waals surface area (Å²) in [5, 5.41) is 8.44. The molecule has 0 aromatic heterocycles. The Morgan fingerprint density at radius 3 is 2.80 bits per heavy atom. The van der Waals surface area contributed by atoms with Crippen LogP contribution < -0.4 is 4.74 Å². The highest BCUT2D eigenvalue weighted by atomic mass is 19.2. The monoisotopic (exact) mass is 216 g/mol. The van der Waals surface area contributed by atoms with Gasteiger partial charge in [0.15, 0.2) is 11.6 Å². The fraction of sp³-hybridized carbons (Fsp3) is 0.300. The maximum Gasteiger partial charge on any atom is 0.307 e. The van der Waals surface area contributed by atoms with Crippen LogP contribution >= 0.6 is 0 Å². The molecule has 1 N–H and O–H groups in total. The van der Waals surface area contributed by atoms with Crippen molar-refractivity contribution in [3.05, 3.63) is 29.8 Å². The van der Waals surface area contributed by atoms with Gasteiger partial charge >= 0.3 is 5.97 Å². The van der Waals surface area contributed by atoms with Gasteiger partial charge in [-0.3, -0.25) is 4.79 Å². The van der Waals surface area contributed by atoms with Gasteiger partial charge in [0.2, 0.25) is 5.82 Å². The highest BCUT2D eigenvalue weighted by Crippen LogP contribution is 2.20. The van der Waals surface area contributed by atoms with Crippen molar-refractivity contribution >= 4 is 5.97 Å². The largest absolute Gasteiger partial charge is 0.487 e. The van der Waals surface area contributed by atoms with E-state index >= 15 is 0 Å². The summed E-state index contributed by atoms with van der Waals surface area (Å²) in [6.07, 6.45) is -0.977. The van der Waals surface area contributed by atoms with E-state index in [-0.39, 0.29) is 12.2 Å². The van der Waals surface area contributed by atoms with Gasteiger partial charge in [-0.05, 0) is 19.1 Å². The van der Waals surface area contributed by atoms with Gasteiger partial charge in [0.25, 0.3) is 0 Å². The number of hydrogen-bond acceptors (Lipinski definition) is 2. The minimum atomic E-state index is -1.10. The molecule has 3 nitrogen and oxygen atoms in total. The van der Waals surface area contributed by atoms with E-state index in [1.807, 2.05) is 0 Å². The van der Waals surface area contributed by atoms with E-state index in [0.717, 1.165) is 6.07 Å². The molecule has 0 unspecified atom stereocenters. The van der Waals surface area contributed by atoms with Crippen LogP contribution in [-0.2, 0) is 4.79 Å². The Kier molecular flexibility index (Phi) is 3.60. The molecule has 15 heavy (non-hydrogen) atoms. The first-order chi connectivity index (χ1) is 7.00. The smallest absolute Gasteiger partial charge is 0.307 e. The fourth-order valence-corrected chi connectivity index (χ4v) is 1.08. The van der Waals surface area contributed by atoms with Crippen LogP contribution in [-0.4, -0.2) is 17.2 Å². The summed E-state index contributed by atoms with van der Waals surface area (Å²) in [7, 11) is 0. The number of rotatable bonds is 4. The number of hydrogen-bond donors (Lipinski definition) is 1. The van der Waals surface area contributed by atoms with Crippen LogP contribution in [0.3, 0.4) is 0 Å². The summed E-state index contributed by atoms with van der Waals surface area (Å²) in [6, 6.07) is 3.50. The van der Waals surface area contributed by atoms with Crippen LogP contribution in [0.1, 0.15) is 13.3 Å². The third-order valence-corrected chi connectivity index (χ3v) is 1.71. The van der Waals surface area contributed by atoms with Crippen LogP contribution in [0.25, 0.3) is 0 Å². The predicted octanol–water partition coefficient (Wildman–Crippen LogP) is 2.21. The van der Waals surface area contributed by atoms with Gasteiger partial charge in [-0.1, -0.05) is 6.07 Å². The Hall–Kier alpha value is -1.65. The highest BCUT2D eigenvalue weighted by molar-refractivity contribution is 5.67. The standard InChI is InChI=1S/C10H10F2O3/c1-6(5-9(13)14)15-8-4-2-3-7(11)10(8)12/h2-4,6H,5H2,1H3,(H,13,14)/t6-/m0/s1. The van der Waals surface area contributed by atoms with Crippen molar-refractivity contribution in [2.24, 2.45) is 0 Å². The Balaban J connectivity index is 2.72. The second-order valence-corrected chi connectivity index (χ2v) is 3.08. The number of ether oxygens (including phenoxy) is 1. The first-order valence-electron chi connectivity index (χ1n) is 4.33. The van der Waals surface area contributed by atoms with E-state index in [4.69, 9.17) is 9.84 Å². The molecule has 0 aliphatic heterocycles. The third kappa shape index (κ3) is 3.19. The number of aliphatic carboxylic acids is 1. The molecule has 1 aromatic carbocycles. The Bertz CT molecular complexity index is 366. The zero-order valence-electron chi connectivity index (χ0n) is 8.04. The summed E-state index contributed by atoms with van der Waals surface area (Å²) < 4.78 is 30.7. The van der Waals surface area contributed by atoms with Gasteiger partial charge in [0.1, 0.15) is 6.10 Å². The van der Waals surface area contributed by atoms with Crippen LogP contribution in [0.4, 0.5) is 8.78 Å². The Morgan fingerprint density at radius 1 is 1.53 bits per heavy atom. The molecule has 0 spiro atoms. The third-order valence-electron chi connectivity index (χ3n) is 1.71. The van der Waals surface area contributed by atoms with E-state index in [9.17, 15) is 13.6 Å². The minimum Gasteiger partial charge on any atom is -0.487 e. The van der Waals surface area contributed by atoms with Crippen molar-refractivity contribution in [1.82, 2.24) is 0 Å². The topological polar surface area (TPSA) is 46.5 Å². The average molecular weight is 216 g/mol. The Labute approximate surface area is 85.3 Å². The lowest BCUT2D eigenvalue weighted by molar-refractivity contribution is -0.138. The molecule has 0 saturated heterocycles. The molecule has 0 fully saturated rings. The molecule has 0 heterocycles. The van der Waals surface area contributed by atoms with Gasteiger partial charge in [-0.25, -0.2) is 4.39 Å². The van der Waals surface area contributed by atoms with Crippen LogP contribution in [0.15, 0.2) is 18.2 Å². The molecule has 0 aliphatic carbocycles. The van der Waals surface area contributed by atoms with Crippen molar-refractivity contribution in [3.63, 3.8) is 0 Å². The summed E-state index contributed by atoms with van der Waals surface area (Å²) in [5.74, 6) is -3.45. The number of carbonyl (C=O) groups is 1. The fourth-order valence-electron chi connectivity index (χ4n) is 1.08. The number of halogens is 2. The SMILES string of the molecule is C[C@@H](CC(=O)O)Oc1cccc(F)c1F. The van der Waals surface area contributed by atoms with E-state index in [1.54, 1.807) is 0 Å². The minimum absolute atomic E-state index is 0.268. The van der Waals surface area contributed by atoms with E-state index < -0.39 is 23.7 Å². The molecule has 1 rings (SSSR count). The highest BCUT2D eigenvalue weighted by Gasteiger charge is 2.14. The molecule has 82 valence electrons. The predicted molar refractivity (Wildman–Crippen MR) is 48.7 cm³/mol. The second kappa shape index (κ2) is 4.72. The molecule has 0 aliphatic rings. The molecule has 0 radical (unpaired) electrons. The maximum atomic E-state index is 13.1.